The molecule has 2 saturated heterocycles. The molecule has 1 aromatic carbocycles. The standard InChI is InChI=1S/C58H85NO13/c1-36-19-13-11-14-20-37(2)49(67-8)33-45-26-24-42(7)58(66,72-45)55(63)56(64)59-28-18-17-23-46(59)57(65)71-50(34-47(60)38(3)30-41(6)53(62)54(69-10)52(61)40(5)29-36)39(4)31-44-25-27-48(51(32-44)68-9)70-35-43-21-15-12-16-22-43/h11-16,19-22,30,36,38-40,42,44-46,48-51,53-54,62,66H,17-18,23-29,31-35H2,1-10H3/b14-11+,19-13+,37-20+,41-30+/t36-,38-,39-,40-,42-,44+,45+,46+,48-,49+,50+,51-,53-,54+,58-/m1/s1. The summed E-state index contributed by atoms with van der Waals surface area (Å²) >= 11 is 0. The van der Waals surface area contributed by atoms with Gasteiger partial charge in [0.1, 0.15) is 30.1 Å². The van der Waals surface area contributed by atoms with E-state index < -0.39 is 77.8 Å². The highest BCUT2D eigenvalue weighted by Crippen LogP contribution is 2.38. The molecule has 400 valence electrons. The molecule has 2 bridgehead atoms. The molecular formula is C58H85NO13. The molecule has 3 aliphatic heterocycles. The number of ketones is 3. The zero-order chi connectivity index (χ0) is 52.7. The first-order chi connectivity index (χ1) is 34.3. The average molecular weight is 1000 g/mol. The van der Waals surface area contributed by atoms with Crippen LogP contribution in [0.2, 0.25) is 0 Å². The van der Waals surface area contributed by atoms with Crippen molar-refractivity contribution in [1.82, 2.24) is 4.90 Å². The van der Waals surface area contributed by atoms with Crippen LogP contribution in [0.1, 0.15) is 131 Å². The summed E-state index contributed by atoms with van der Waals surface area (Å²) in [6.45, 7) is 13.3. The van der Waals surface area contributed by atoms with Crippen LogP contribution in [0.25, 0.3) is 0 Å². The van der Waals surface area contributed by atoms with Crippen molar-refractivity contribution in [2.75, 3.05) is 27.9 Å². The van der Waals surface area contributed by atoms with E-state index in [1.165, 1.54) is 12.0 Å². The number of Topliss-reactive ketones (excluding diaryl/α,β-unsaturated/α-hetero) is 3. The van der Waals surface area contributed by atoms with Crippen molar-refractivity contribution in [2.45, 2.75) is 187 Å². The number of benzene rings is 1. The highest BCUT2D eigenvalue weighted by Gasteiger charge is 2.53. The van der Waals surface area contributed by atoms with Crippen molar-refractivity contribution in [3.05, 3.63) is 83.5 Å². The number of cyclic esters (lactones) is 1. The van der Waals surface area contributed by atoms with Gasteiger partial charge in [0.05, 0.1) is 31.0 Å². The molecule has 14 nitrogen and oxygen atoms in total. The van der Waals surface area contributed by atoms with E-state index in [0.29, 0.717) is 63.5 Å². The third-order valence-electron chi connectivity index (χ3n) is 15.8. The lowest BCUT2D eigenvalue weighted by Crippen LogP contribution is -2.61. The van der Waals surface area contributed by atoms with Crippen LogP contribution in [0.5, 0.6) is 0 Å². The predicted octanol–water partition coefficient (Wildman–Crippen LogP) is 8.41. The van der Waals surface area contributed by atoms with E-state index in [0.717, 1.165) is 24.0 Å². The average Bonchev–Trinajstić information content (AvgIpc) is 3.37. The Morgan fingerprint density at radius 3 is 2.25 bits per heavy atom. The van der Waals surface area contributed by atoms with Crippen LogP contribution in [-0.2, 0) is 59.0 Å². The number of methoxy groups -OCH3 is 3. The van der Waals surface area contributed by atoms with Crippen molar-refractivity contribution < 1.29 is 62.6 Å². The molecule has 2 N–H and O–H groups in total. The number of carbonyl (C=O) groups excluding carboxylic acids is 5. The summed E-state index contributed by atoms with van der Waals surface area (Å²) in [5.74, 6) is -7.84. The minimum atomic E-state index is -2.43. The number of fused-ring (bicyclic) bond motifs is 3. The molecule has 14 heteroatoms. The first-order valence-electron chi connectivity index (χ1n) is 26.5. The van der Waals surface area contributed by atoms with Gasteiger partial charge in [-0.2, -0.15) is 0 Å². The number of piperidine rings is 1. The first kappa shape index (κ1) is 58.7. The van der Waals surface area contributed by atoms with Gasteiger partial charge in [-0.25, -0.2) is 4.79 Å². The van der Waals surface area contributed by atoms with Crippen molar-refractivity contribution in [3.8, 4) is 0 Å². The summed E-state index contributed by atoms with van der Waals surface area (Å²) in [7, 11) is 4.66. The van der Waals surface area contributed by atoms with Crippen LogP contribution in [0.4, 0.5) is 0 Å². The number of aliphatic hydroxyl groups is 2. The number of amides is 1. The quantitative estimate of drug-likeness (QED) is 0.137. The Hall–Kier alpha value is -4.15. The van der Waals surface area contributed by atoms with Gasteiger partial charge in [-0.05, 0) is 113 Å². The van der Waals surface area contributed by atoms with Crippen LogP contribution in [0.15, 0.2) is 77.9 Å². The van der Waals surface area contributed by atoms with Gasteiger partial charge < -0.3 is 43.5 Å². The molecule has 0 radical (unpaired) electrons. The molecule has 3 heterocycles. The second kappa shape index (κ2) is 27.9. The van der Waals surface area contributed by atoms with Crippen LogP contribution < -0.4 is 0 Å². The fourth-order valence-electron chi connectivity index (χ4n) is 11.1. The molecule has 1 aliphatic carbocycles. The Balaban J connectivity index is 1.44. The first-order valence-corrected chi connectivity index (χ1v) is 26.5. The zero-order valence-corrected chi connectivity index (χ0v) is 44.7. The topological polar surface area (TPSA) is 184 Å². The summed E-state index contributed by atoms with van der Waals surface area (Å²) in [4.78, 5) is 72.6. The van der Waals surface area contributed by atoms with Gasteiger partial charge in [0.2, 0.25) is 5.79 Å². The van der Waals surface area contributed by atoms with Crippen molar-refractivity contribution in [1.29, 1.82) is 0 Å². The minimum Gasteiger partial charge on any atom is -0.460 e. The van der Waals surface area contributed by atoms with E-state index in [2.05, 4.69) is 0 Å². The molecule has 15 atom stereocenters. The monoisotopic (exact) mass is 1000 g/mol. The van der Waals surface area contributed by atoms with Gasteiger partial charge in [0, 0.05) is 58.5 Å². The van der Waals surface area contributed by atoms with E-state index in [-0.39, 0.29) is 60.9 Å². The molecule has 0 aromatic heterocycles. The third-order valence-corrected chi connectivity index (χ3v) is 15.8. The molecule has 3 fully saturated rings. The Kier molecular flexibility index (Phi) is 22.8. The number of rotatable bonds is 9. The van der Waals surface area contributed by atoms with Gasteiger partial charge in [0.25, 0.3) is 11.7 Å². The third kappa shape index (κ3) is 15.7. The minimum absolute atomic E-state index is 0.0186. The lowest BCUT2D eigenvalue weighted by Gasteiger charge is -2.42. The number of allylic oxidation sites excluding steroid dienone is 6. The SMILES string of the molecule is CO[C@H]1C[C@@H]2CC[C@@H](C)[C@@](O)(O2)C(=O)C(=O)N2CCCC[C@H]2C(=O)O[C@H]([C@H](C)C[C@@H]2CC[C@@H](OCc3ccccc3)[C@H](OC)C2)CC(=O)[C@H](C)/C=C(\C)[C@@H](O)[C@@H](OC)C(=O)[C@H](C)C[C@H](C)/C=C/C=C/C=C/1C. The smallest absolute Gasteiger partial charge is 0.329 e. The van der Waals surface area contributed by atoms with Gasteiger partial charge in [-0.3, -0.25) is 19.2 Å². The lowest BCUT2D eigenvalue weighted by atomic mass is 9.78. The largest absolute Gasteiger partial charge is 0.460 e. The predicted molar refractivity (Wildman–Crippen MR) is 274 cm³/mol. The van der Waals surface area contributed by atoms with E-state index in [1.807, 2.05) is 88.4 Å². The summed E-state index contributed by atoms with van der Waals surface area (Å²) in [5, 5.41) is 23.6. The second-order valence-electron chi connectivity index (χ2n) is 21.4. The van der Waals surface area contributed by atoms with Crippen LogP contribution in [-0.4, -0.2) is 127 Å². The highest BCUT2D eigenvalue weighted by molar-refractivity contribution is 6.39. The fraction of sp³-hybridized carbons (Fsp3) is 0.672. The van der Waals surface area contributed by atoms with Crippen LogP contribution in [0, 0.1) is 35.5 Å². The Morgan fingerprint density at radius 2 is 1.56 bits per heavy atom. The molecular weight excluding hydrogens is 919 g/mol. The van der Waals surface area contributed by atoms with Crippen molar-refractivity contribution in [3.63, 3.8) is 0 Å². The van der Waals surface area contributed by atoms with E-state index >= 15 is 0 Å². The van der Waals surface area contributed by atoms with Gasteiger partial charge >= 0.3 is 5.97 Å². The zero-order valence-electron chi connectivity index (χ0n) is 44.7. The number of hydrogen-bond donors (Lipinski definition) is 2. The molecule has 1 aromatic rings. The van der Waals surface area contributed by atoms with E-state index in [9.17, 15) is 34.2 Å². The molecule has 1 saturated carbocycles. The maximum absolute atomic E-state index is 14.6. The summed E-state index contributed by atoms with van der Waals surface area (Å²) in [6, 6.07) is 8.85. The number of carbonyl (C=O) groups is 5. The maximum Gasteiger partial charge on any atom is 0.329 e. The number of ether oxygens (including phenoxy) is 6. The molecule has 72 heavy (non-hydrogen) atoms. The van der Waals surface area contributed by atoms with Crippen LogP contribution in [0.3, 0.4) is 0 Å². The number of aliphatic hydroxyl groups excluding tert-OH is 1. The number of nitrogens with zero attached hydrogens (tertiary/aromatic N) is 1. The fourth-order valence-corrected chi connectivity index (χ4v) is 11.1. The summed E-state index contributed by atoms with van der Waals surface area (Å²) in [6.07, 6.45) is 12.4. The second-order valence-corrected chi connectivity index (χ2v) is 21.4. The summed E-state index contributed by atoms with van der Waals surface area (Å²) < 4.78 is 36.3. The Morgan fingerprint density at radius 1 is 0.819 bits per heavy atom. The molecule has 1 amide bonds. The van der Waals surface area contributed by atoms with Gasteiger partial charge in [0.15, 0.2) is 5.78 Å². The summed E-state index contributed by atoms with van der Waals surface area (Å²) in [5.41, 5.74) is 2.36. The highest BCUT2D eigenvalue weighted by atomic mass is 16.6. The normalized spacial score (nSPS) is 37.6. The molecule has 5 rings (SSSR count). The van der Waals surface area contributed by atoms with E-state index in [1.54, 1.807) is 41.1 Å². The van der Waals surface area contributed by atoms with Crippen molar-refractivity contribution in [2.24, 2.45) is 35.5 Å². The van der Waals surface area contributed by atoms with Crippen molar-refractivity contribution >= 4 is 29.2 Å². The Bertz CT molecular complexity index is 2080. The van der Waals surface area contributed by atoms with Gasteiger partial charge in [-0.15, -0.1) is 0 Å². The number of esters is 1. The molecule has 4 aliphatic rings. The Labute approximate surface area is 428 Å². The van der Waals surface area contributed by atoms with Gasteiger partial charge in [-0.1, -0.05) is 101 Å². The molecule has 0 unspecified atom stereocenters. The number of hydrogen-bond acceptors (Lipinski definition) is 13. The van der Waals surface area contributed by atoms with Crippen LogP contribution >= 0.6 is 0 Å². The van der Waals surface area contributed by atoms with E-state index in [4.69, 9.17) is 28.4 Å². The maximum atomic E-state index is 14.6. The lowest BCUT2D eigenvalue weighted by molar-refractivity contribution is -0.265. The molecule has 0 spiro atoms.